The number of nitrogens with one attached hydrogen (secondary N) is 1. The summed E-state index contributed by atoms with van der Waals surface area (Å²) in [4.78, 5) is 29.8. The summed E-state index contributed by atoms with van der Waals surface area (Å²) in [6.07, 6.45) is 0.987. The molecule has 0 spiro atoms. The van der Waals surface area contributed by atoms with Crippen LogP contribution in [0, 0.1) is 6.92 Å². The molecular weight excluding hydrogens is 666 g/mol. The van der Waals surface area contributed by atoms with Crippen LogP contribution in [-0.4, -0.2) is 50.9 Å². The molecular formula is C36H40BrN3O5S. The molecule has 46 heavy (non-hydrogen) atoms. The lowest BCUT2D eigenvalue weighted by Crippen LogP contribution is -2.53. The number of carbonyl (C=O) groups is 2. The van der Waals surface area contributed by atoms with E-state index in [9.17, 15) is 18.0 Å². The number of anilines is 1. The molecule has 0 aliphatic rings. The zero-order valence-corrected chi connectivity index (χ0v) is 28.8. The maximum Gasteiger partial charge on any atom is 0.264 e. The summed E-state index contributed by atoms with van der Waals surface area (Å²) >= 11 is 3.46. The first-order valence-electron chi connectivity index (χ1n) is 15.3. The molecule has 1 atom stereocenters. The highest BCUT2D eigenvalue weighted by Crippen LogP contribution is 2.27. The second kappa shape index (κ2) is 16.4. The molecule has 0 aliphatic carbocycles. The lowest BCUT2D eigenvalue weighted by Gasteiger charge is -2.34. The lowest BCUT2D eigenvalue weighted by atomic mass is 10.0. The van der Waals surface area contributed by atoms with Crippen LogP contribution in [0.25, 0.3) is 0 Å². The quantitative estimate of drug-likeness (QED) is 0.152. The van der Waals surface area contributed by atoms with Crippen molar-refractivity contribution in [2.75, 3.05) is 24.0 Å². The average molecular weight is 707 g/mol. The Balaban J connectivity index is 1.78. The van der Waals surface area contributed by atoms with Crippen LogP contribution in [0.5, 0.6) is 5.75 Å². The van der Waals surface area contributed by atoms with E-state index in [4.69, 9.17) is 4.74 Å². The monoisotopic (exact) mass is 705 g/mol. The highest BCUT2D eigenvalue weighted by molar-refractivity contribution is 9.10. The Kier molecular flexibility index (Phi) is 12.4. The minimum absolute atomic E-state index is 0.0188. The van der Waals surface area contributed by atoms with Crippen molar-refractivity contribution in [1.82, 2.24) is 10.2 Å². The number of hydrogen-bond donors (Lipinski definition) is 1. The van der Waals surface area contributed by atoms with Gasteiger partial charge < -0.3 is 15.0 Å². The van der Waals surface area contributed by atoms with E-state index in [1.165, 1.54) is 17.0 Å². The topological polar surface area (TPSA) is 96.0 Å². The molecule has 4 rings (SSSR count). The largest absolute Gasteiger partial charge is 0.494 e. The van der Waals surface area contributed by atoms with E-state index >= 15 is 0 Å². The van der Waals surface area contributed by atoms with Crippen molar-refractivity contribution in [3.8, 4) is 5.75 Å². The van der Waals surface area contributed by atoms with Crippen molar-refractivity contribution < 1.29 is 22.7 Å². The summed E-state index contributed by atoms with van der Waals surface area (Å²) in [5.74, 6) is -0.264. The summed E-state index contributed by atoms with van der Waals surface area (Å²) in [7, 11) is -4.20. The van der Waals surface area contributed by atoms with Crippen LogP contribution in [0.15, 0.2) is 112 Å². The molecule has 0 aliphatic heterocycles. The number of aryl methyl sites for hydroxylation is 1. The molecule has 8 nitrogen and oxygen atoms in total. The van der Waals surface area contributed by atoms with Gasteiger partial charge in [0.1, 0.15) is 18.3 Å². The van der Waals surface area contributed by atoms with Gasteiger partial charge in [-0.25, -0.2) is 8.42 Å². The number of nitrogens with zero attached hydrogens (tertiary/aromatic N) is 2. The maximum atomic E-state index is 14.5. The SMILES string of the molecule is CCCNC(=O)[C@@H](Cc1ccccc1)N(Cc1ccc(Br)cc1)C(=O)CN(c1ccc(C)cc1)S(=O)(=O)c1ccc(OCC)cc1. The van der Waals surface area contributed by atoms with Crippen molar-refractivity contribution >= 4 is 43.5 Å². The van der Waals surface area contributed by atoms with Crippen molar-refractivity contribution in [2.45, 2.75) is 51.1 Å². The summed E-state index contributed by atoms with van der Waals surface area (Å²) in [6, 6.07) is 29.2. The Morgan fingerprint density at radius 3 is 2.11 bits per heavy atom. The average Bonchev–Trinajstić information content (AvgIpc) is 3.06. The molecule has 1 N–H and O–H groups in total. The first kappa shape index (κ1) is 34.7. The number of carbonyl (C=O) groups excluding carboxylic acids is 2. The highest BCUT2D eigenvalue weighted by atomic mass is 79.9. The lowest BCUT2D eigenvalue weighted by molar-refractivity contribution is -0.140. The van der Waals surface area contributed by atoms with E-state index < -0.39 is 28.5 Å². The van der Waals surface area contributed by atoms with E-state index in [-0.39, 0.29) is 23.8 Å². The number of sulfonamides is 1. The Morgan fingerprint density at radius 1 is 0.848 bits per heavy atom. The third-order valence-corrected chi connectivity index (χ3v) is 9.73. The van der Waals surface area contributed by atoms with E-state index in [0.29, 0.717) is 24.6 Å². The number of rotatable bonds is 15. The predicted molar refractivity (Wildman–Crippen MR) is 185 cm³/mol. The molecule has 4 aromatic carbocycles. The Hall–Kier alpha value is -4.15. The smallest absolute Gasteiger partial charge is 0.264 e. The van der Waals surface area contributed by atoms with Crippen LogP contribution >= 0.6 is 15.9 Å². The van der Waals surface area contributed by atoms with Crippen molar-refractivity contribution in [3.05, 3.63) is 124 Å². The first-order chi connectivity index (χ1) is 22.1. The van der Waals surface area contributed by atoms with Gasteiger partial charge >= 0.3 is 0 Å². The van der Waals surface area contributed by atoms with Gasteiger partial charge in [-0.1, -0.05) is 83.0 Å². The van der Waals surface area contributed by atoms with Gasteiger partial charge in [-0.2, -0.15) is 0 Å². The summed E-state index contributed by atoms with van der Waals surface area (Å²) in [5.41, 5.74) is 2.96. The molecule has 0 saturated carbocycles. The van der Waals surface area contributed by atoms with Crippen molar-refractivity contribution in [1.29, 1.82) is 0 Å². The zero-order chi connectivity index (χ0) is 33.1. The molecule has 242 valence electrons. The van der Waals surface area contributed by atoms with E-state index in [1.807, 2.05) is 75.4 Å². The van der Waals surface area contributed by atoms with Crippen LogP contribution in [0.3, 0.4) is 0 Å². The van der Waals surface area contributed by atoms with Crippen molar-refractivity contribution in [2.24, 2.45) is 0 Å². The van der Waals surface area contributed by atoms with Gasteiger partial charge in [0, 0.05) is 24.0 Å². The van der Waals surface area contributed by atoms with Crippen LogP contribution in [0.2, 0.25) is 0 Å². The number of ether oxygens (including phenoxy) is 1. The van der Waals surface area contributed by atoms with E-state index in [1.54, 1.807) is 36.4 Å². The number of amides is 2. The molecule has 0 unspecified atom stereocenters. The van der Waals surface area contributed by atoms with Gasteiger partial charge in [-0.15, -0.1) is 0 Å². The summed E-state index contributed by atoms with van der Waals surface area (Å²) in [6.45, 7) is 6.20. The molecule has 2 amide bonds. The van der Waals surface area contributed by atoms with Gasteiger partial charge in [0.15, 0.2) is 0 Å². The Bertz CT molecular complexity index is 1680. The Labute approximate surface area is 280 Å². The molecule has 4 aromatic rings. The molecule has 10 heteroatoms. The van der Waals surface area contributed by atoms with Gasteiger partial charge in [-0.05, 0) is 79.9 Å². The predicted octanol–water partition coefficient (Wildman–Crippen LogP) is 6.52. The fraction of sp³-hybridized carbons (Fsp3) is 0.278. The number of benzene rings is 4. The van der Waals surface area contributed by atoms with Gasteiger partial charge in [-0.3, -0.25) is 13.9 Å². The molecule has 0 heterocycles. The second-order valence-electron chi connectivity index (χ2n) is 10.9. The van der Waals surface area contributed by atoms with Crippen LogP contribution in [0.4, 0.5) is 5.69 Å². The van der Waals surface area contributed by atoms with Gasteiger partial charge in [0.2, 0.25) is 11.8 Å². The minimum atomic E-state index is -4.20. The second-order valence-corrected chi connectivity index (χ2v) is 13.7. The fourth-order valence-corrected chi connectivity index (χ4v) is 6.63. The molecule has 0 radical (unpaired) electrons. The molecule has 0 bridgehead atoms. The van der Waals surface area contributed by atoms with Gasteiger partial charge in [0.25, 0.3) is 10.0 Å². The summed E-state index contributed by atoms with van der Waals surface area (Å²) < 4.78 is 35.9. The normalized spacial score (nSPS) is 11.8. The maximum absolute atomic E-state index is 14.5. The van der Waals surface area contributed by atoms with Crippen LogP contribution < -0.4 is 14.4 Å². The van der Waals surface area contributed by atoms with Crippen molar-refractivity contribution in [3.63, 3.8) is 0 Å². The standard InChI is InChI=1S/C36H40BrN3O5S/c1-4-23-38-36(42)34(24-28-9-7-6-8-10-28)39(25-29-13-15-30(37)16-14-29)35(41)26-40(31-17-11-27(3)12-18-31)46(43,44)33-21-19-32(20-22-33)45-5-2/h6-22,34H,4-5,23-26H2,1-3H3,(H,38,42)/t34-/m1/s1. The fourth-order valence-electron chi connectivity index (χ4n) is 4.95. The van der Waals surface area contributed by atoms with E-state index in [2.05, 4.69) is 21.2 Å². The third-order valence-electron chi connectivity index (χ3n) is 7.41. The molecule has 0 aromatic heterocycles. The number of halogens is 1. The summed E-state index contributed by atoms with van der Waals surface area (Å²) in [5, 5.41) is 2.96. The minimum Gasteiger partial charge on any atom is -0.494 e. The van der Waals surface area contributed by atoms with Crippen LogP contribution in [0.1, 0.15) is 37.0 Å². The first-order valence-corrected chi connectivity index (χ1v) is 17.5. The zero-order valence-electron chi connectivity index (χ0n) is 26.4. The molecule has 0 fully saturated rings. The Morgan fingerprint density at radius 2 is 1.50 bits per heavy atom. The van der Waals surface area contributed by atoms with Crippen LogP contribution in [-0.2, 0) is 32.6 Å². The van der Waals surface area contributed by atoms with Gasteiger partial charge in [0.05, 0.1) is 17.2 Å². The third kappa shape index (κ3) is 9.20. The molecule has 0 saturated heterocycles. The number of hydrogen-bond acceptors (Lipinski definition) is 5. The highest BCUT2D eigenvalue weighted by Gasteiger charge is 2.34. The van der Waals surface area contributed by atoms with E-state index in [0.717, 1.165) is 31.9 Å².